The Morgan fingerprint density at radius 2 is 1.71 bits per heavy atom. The van der Waals surface area contributed by atoms with E-state index in [-0.39, 0.29) is 30.7 Å². The van der Waals surface area contributed by atoms with Gasteiger partial charge < -0.3 is 50.2 Å². The van der Waals surface area contributed by atoms with Crippen LogP contribution in [0.2, 0.25) is 0 Å². The smallest absolute Gasteiger partial charge is 0.343 e. The Morgan fingerprint density at radius 1 is 0.976 bits per heavy atom. The fraction of sp³-hybridized carbons (Fsp3) is 0.433. The van der Waals surface area contributed by atoms with Crippen molar-refractivity contribution in [1.82, 2.24) is 4.98 Å². The highest BCUT2D eigenvalue weighted by molar-refractivity contribution is 6.14. The molecular weight excluding hydrogens is 534 g/mol. The molecule has 0 bridgehead atoms. The van der Waals surface area contributed by atoms with E-state index in [9.17, 15) is 40.5 Å². The largest absolute Gasteiger partial charge is 0.422 e. The lowest BCUT2D eigenvalue weighted by atomic mass is 9.56. The number of ether oxygens (including phenoxy) is 2. The van der Waals surface area contributed by atoms with Crippen molar-refractivity contribution < 1.29 is 50.0 Å². The van der Waals surface area contributed by atoms with E-state index < -0.39 is 66.3 Å². The molecule has 41 heavy (non-hydrogen) atoms. The Labute approximate surface area is 233 Å². The van der Waals surface area contributed by atoms with Crippen molar-refractivity contribution in [3.63, 3.8) is 0 Å². The molecule has 1 aromatic heterocycles. The van der Waals surface area contributed by atoms with Gasteiger partial charge in [0.05, 0.1) is 35.9 Å². The molecule has 2 heterocycles. The van der Waals surface area contributed by atoms with Crippen LogP contribution in [-0.2, 0) is 16.1 Å². The summed E-state index contributed by atoms with van der Waals surface area (Å²) in [4.78, 5) is 16.7. The Balaban J connectivity index is 1.30. The van der Waals surface area contributed by atoms with Gasteiger partial charge in [-0.05, 0) is 59.0 Å². The molecule has 11 heteroatoms. The van der Waals surface area contributed by atoms with E-state index in [1.165, 1.54) is 0 Å². The van der Waals surface area contributed by atoms with Crippen LogP contribution in [0, 0.1) is 5.41 Å². The van der Waals surface area contributed by atoms with Gasteiger partial charge in [0.25, 0.3) is 0 Å². The standard InChI is InChI=1S/C30H31NO10/c32-13-21-23(22-19-10-16-4-2-1-3-15(16)9-17(19)5-6-20(22)31-21)40-26(36)24-25(35)28(37)8-7-27(14-33)11-18(34)12-29(27,38)30(28,39)41-24/h1-6,9-10,18,24-25,31-35,37-39H,7-8,11-14H2/t18-,24-,25+,27+,28-,29+,30-/m1/s1. The van der Waals surface area contributed by atoms with Crippen molar-refractivity contribution in [3.8, 4) is 5.75 Å². The van der Waals surface area contributed by atoms with Crippen LogP contribution in [0.4, 0.5) is 0 Å². The van der Waals surface area contributed by atoms with Crippen molar-refractivity contribution in [2.24, 2.45) is 5.41 Å². The number of hydrogen-bond donors (Lipinski definition) is 8. The average Bonchev–Trinajstić information content (AvgIpc) is 3.53. The molecule has 0 amide bonds. The number of benzene rings is 3. The van der Waals surface area contributed by atoms with E-state index in [1.54, 1.807) is 6.07 Å². The molecule has 4 aromatic rings. The zero-order valence-electron chi connectivity index (χ0n) is 21.9. The minimum Gasteiger partial charge on any atom is -0.422 e. The molecule has 2 saturated carbocycles. The molecule has 0 radical (unpaired) electrons. The normalized spacial score (nSPS) is 36.6. The topological polar surface area (TPSA) is 193 Å². The number of aliphatic hydroxyl groups excluding tert-OH is 4. The Kier molecular flexibility index (Phi) is 5.67. The van der Waals surface area contributed by atoms with Gasteiger partial charge in [0.2, 0.25) is 5.79 Å². The van der Waals surface area contributed by atoms with Gasteiger partial charge in [-0.3, -0.25) is 0 Å². The number of carbonyl (C=O) groups excluding carboxylic acids is 1. The first kappa shape index (κ1) is 26.7. The van der Waals surface area contributed by atoms with Crippen LogP contribution >= 0.6 is 0 Å². The van der Waals surface area contributed by atoms with Crippen LogP contribution in [0.1, 0.15) is 31.4 Å². The molecular formula is C30H31NO10. The highest BCUT2D eigenvalue weighted by atomic mass is 16.7. The number of aliphatic hydroxyl groups is 7. The van der Waals surface area contributed by atoms with Gasteiger partial charge >= 0.3 is 5.97 Å². The van der Waals surface area contributed by atoms with Gasteiger partial charge in [-0.1, -0.05) is 30.3 Å². The maximum absolute atomic E-state index is 13.6. The quantitative estimate of drug-likeness (QED) is 0.129. The molecule has 3 aliphatic rings. The first-order valence-corrected chi connectivity index (χ1v) is 13.6. The third kappa shape index (κ3) is 3.28. The lowest BCUT2D eigenvalue weighted by Gasteiger charge is -2.57. The van der Waals surface area contributed by atoms with Crippen molar-refractivity contribution in [2.75, 3.05) is 6.61 Å². The second kappa shape index (κ2) is 8.69. The number of esters is 1. The van der Waals surface area contributed by atoms with Gasteiger partial charge in [-0.25, -0.2) is 4.79 Å². The number of nitrogens with one attached hydrogen (secondary N) is 1. The molecule has 216 valence electrons. The van der Waals surface area contributed by atoms with Crippen LogP contribution in [0.15, 0.2) is 48.5 Å². The number of hydrogen-bond acceptors (Lipinski definition) is 10. The van der Waals surface area contributed by atoms with Crippen LogP contribution in [0.25, 0.3) is 32.4 Å². The lowest BCUT2D eigenvalue weighted by Crippen LogP contribution is -2.76. The molecule has 11 nitrogen and oxygen atoms in total. The van der Waals surface area contributed by atoms with Crippen molar-refractivity contribution in [1.29, 1.82) is 0 Å². The lowest BCUT2D eigenvalue weighted by molar-refractivity contribution is -0.386. The fourth-order valence-corrected chi connectivity index (χ4v) is 7.63. The van der Waals surface area contributed by atoms with Crippen molar-refractivity contribution >= 4 is 38.4 Å². The maximum atomic E-state index is 13.6. The predicted octanol–water partition coefficient (Wildman–Crippen LogP) is 0.710. The van der Waals surface area contributed by atoms with Gasteiger partial charge in [0.1, 0.15) is 11.7 Å². The highest BCUT2D eigenvalue weighted by Crippen LogP contribution is 2.65. The first-order chi connectivity index (χ1) is 19.5. The van der Waals surface area contributed by atoms with Crippen molar-refractivity contribution in [2.45, 2.75) is 67.6 Å². The third-order valence-corrected chi connectivity index (χ3v) is 9.81. The first-order valence-electron chi connectivity index (χ1n) is 13.6. The summed E-state index contributed by atoms with van der Waals surface area (Å²) in [5, 5.41) is 80.7. The summed E-state index contributed by atoms with van der Waals surface area (Å²) in [7, 11) is 0. The van der Waals surface area contributed by atoms with Gasteiger partial charge in [-0.2, -0.15) is 0 Å². The van der Waals surface area contributed by atoms with E-state index in [2.05, 4.69) is 4.98 Å². The van der Waals surface area contributed by atoms with E-state index in [4.69, 9.17) is 9.47 Å². The molecule has 7 rings (SSSR count). The van der Waals surface area contributed by atoms with Gasteiger partial charge in [0, 0.05) is 11.8 Å². The number of carbonyl (C=O) groups is 1. The molecule has 1 saturated heterocycles. The summed E-state index contributed by atoms with van der Waals surface area (Å²) >= 11 is 0. The second-order valence-electron chi connectivity index (χ2n) is 11.8. The molecule has 3 aromatic carbocycles. The van der Waals surface area contributed by atoms with E-state index in [0.717, 1.165) is 21.5 Å². The van der Waals surface area contributed by atoms with Crippen molar-refractivity contribution in [3.05, 3.63) is 54.2 Å². The fourth-order valence-electron chi connectivity index (χ4n) is 7.63. The van der Waals surface area contributed by atoms with E-state index in [0.29, 0.717) is 10.9 Å². The summed E-state index contributed by atoms with van der Waals surface area (Å²) in [5.41, 5.74) is -5.52. The molecule has 1 aliphatic heterocycles. The zero-order chi connectivity index (χ0) is 28.9. The monoisotopic (exact) mass is 565 g/mol. The predicted molar refractivity (Wildman–Crippen MR) is 145 cm³/mol. The number of rotatable bonds is 4. The Morgan fingerprint density at radius 3 is 2.41 bits per heavy atom. The average molecular weight is 566 g/mol. The summed E-state index contributed by atoms with van der Waals surface area (Å²) in [5.74, 6) is -4.07. The molecule has 0 spiro atoms. The Hall–Kier alpha value is -3.13. The van der Waals surface area contributed by atoms with E-state index >= 15 is 0 Å². The maximum Gasteiger partial charge on any atom is 0.343 e. The molecule has 7 atom stereocenters. The summed E-state index contributed by atoms with van der Waals surface area (Å²) in [6.07, 6.45) is -5.95. The molecule has 0 unspecified atom stereocenters. The van der Waals surface area contributed by atoms with E-state index in [1.807, 2.05) is 42.5 Å². The van der Waals surface area contributed by atoms with Crippen LogP contribution in [0.3, 0.4) is 0 Å². The van der Waals surface area contributed by atoms with Crippen LogP contribution < -0.4 is 4.74 Å². The number of H-pyrrole nitrogens is 1. The molecule has 8 N–H and O–H groups in total. The number of fused-ring (bicyclic) bond motifs is 7. The molecule has 3 fully saturated rings. The SMILES string of the molecule is O=C(Oc1c(CO)[nH]c2ccc3cc4ccccc4cc3c12)[C@@H]1O[C@@]2(O)[C@]3(O)C[C@H](O)C[C@]3(CO)CC[C@@]2(O)[C@H]1O. The van der Waals surface area contributed by atoms with Gasteiger partial charge in [0.15, 0.2) is 17.5 Å². The summed E-state index contributed by atoms with van der Waals surface area (Å²) in [6.45, 7) is -1.13. The minimum atomic E-state index is -2.90. The summed E-state index contributed by atoms with van der Waals surface area (Å²) < 4.78 is 11.4. The second-order valence-corrected chi connectivity index (χ2v) is 11.8. The van der Waals surface area contributed by atoms with Gasteiger partial charge in [-0.15, -0.1) is 0 Å². The van der Waals surface area contributed by atoms with Crippen LogP contribution in [-0.4, -0.2) is 88.6 Å². The third-order valence-electron chi connectivity index (χ3n) is 9.81. The zero-order valence-corrected chi connectivity index (χ0v) is 21.9. The highest BCUT2D eigenvalue weighted by Gasteiger charge is 2.82. The minimum absolute atomic E-state index is 0.00209. The number of aromatic amines is 1. The van der Waals surface area contributed by atoms with Crippen LogP contribution in [0.5, 0.6) is 5.75 Å². The Bertz CT molecular complexity index is 1720. The molecule has 2 aliphatic carbocycles. The number of aromatic nitrogens is 1. The summed E-state index contributed by atoms with van der Waals surface area (Å²) in [6, 6.07) is 15.4.